The van der Waals surface area contributed by atoms with Crippen molar-refractivity contribution in [3.05, 3.63) is 35.9 Å². The highest BCUT2D eigenvalue weighted by atomic mass is 16.5. The summed E-state index contributed by atoms with van der Waals surface area (Å²) in [7, 11) is 8.59. The number of methoxy groups -OCH3 is 4. The fourth-order valence-electron chi connectivity index (χ4n) is 5.61. The van der Waals surface area contributed by atoms with Gasteiger partial charge in [0.25, 0.3) is 0 Å². The van der Waals surface area contributed by atoms with Crippen LogP contribution in [-0.4, -0.2) is 70.0 Å². The average molecular weight is 495 g/mol. The number of nitrogens with zero attached hydrogens (tertiary/aromatic N) is 4. The van der Waals surface area contributed by atoms with Crippen molar-refractivity contribution in [1.29, 1.82) is 5.26 Å². The van der Waals surface area contributed by atoms with E-state index in [-0.39, 0.29) is 11.5 Å². The summed E-state index contributed by atoms with van der Waals surface area (Å²) in [6, 6.07) is 10.2. The Balaban J connectivity index is 1.58. The molecule has 10 nitrogen and oxygen atoms in total. The summed E-state index contributed by atoms with van der Waals surface area (Å²) in [5.41, 5.74) is 1.90. The minimum absolute atomic E-state index is 0.0275. The average Bonchev–Trinajstić information content (AvgIpc) is 3.25. The van der Waals surface area contributed by atoms with Gasteiger partial charge in [0, 0.05) is 17.5 Å². The first-order valence-corrected chi connectivity index (χ1v) is 12.0. The van der Waals surface area contributed by atoms with Gasteiger partial charge in [0.15, 0.2) is 17.7 Å². The highest BCUT2D eigenvalue weighted by Gasteiger charge is 2.50. The molecule has 2 aromatic rings. The van der Waals surface area contributed by atoms with E-state index in [1.807, 2.05) is 12.3 Å². The second kappa shape index (κ2) is 10.9. The van der Waals surface area contributed by atoms with Gasteiger partial charge in [-0.15, -0.1) is 0 Å². The summed E-state index contributed by atoms with van der Waals surface area (Å²) in [4.78, 5) is 11.6. The van der Waals surface area contributed by atoms with Crippen LogP contribution in [0.3, 0.4) is 0 Å². The van der Waals surface area contributed by atoms with Crippen LogP contribution in [-0.2, 0) is 5.41 Å². The number of likely N-dealkylation sites (tertiary alicyclic amines) is 1. The Hall–Kier alpha value is -3.71. The van der Waals surface area contributed by atoms with Gasteiger partial charge in [0.2, 0.25) is 17.7 Å². The number of nitriles is 1. The maximum atomic E-state index is 9.35. The van der Waals surface area contributed by atoms with E-state index >= 15 is 0 Å². The van der Waals surface area contributed by atoms with Crippen LogP contribution in [0.25, 0.3) is 0 Å². The molecule has 1 aromatic heterocycles. The number of guanidine groups is 1. The summed E-state index contributed by atoms with van der Waals surface area (Å²) < 4.78 is 21.6. The molecule has 1 saturated heterocycles. The summed E-state index contributed by atoms with van der Waals surface area (Å²) in [5, 5.41) is 15.2. The van der Waals surface area contributed by atoms with Gasteiger partial charge in [-0.1, -0.05) is 6.07 Å². The highest BCUT2D eigenvalue weighted by Crippen LogP contribution is 2.50. The number of aliphatic imine (C=N–C) groups is 1. The van der Waals surface area contributed by atoms with E-state index < -0.39 is 0 Å². The molecule has 192 valence electrons. The molecule has 0 spiro atoms. The molecule has 4 rings (SSSR count). The van der Waals surface area contributed by atoms with Gasteiger partial charge in [0.1, 0.15) is 5.69 Å². The maximum absolute atomic E-state index is 9.35. The van der Waals surface area contributed by atoms with Gasteiger partial charge in [-0.2, -0.15) is 10.2 Å². The lowest BCUT2D eigenvalue weighted by atomic mass is 9.65. The molecule has 0 amide bonds. The second-order valence-corrected chi connectivity index (χ2v) is 9.15. The van der Waals surface area contributed by atoms with Crippen molar-refractivity contribution in [2.75, 3.05) is 47.3 Å². The smallest absolute Gasteiger partial charge is 0.240 e. The minimum Gasteiger partial charge on any atom is -0.493 e. The molecule has 36 heavy (non-hydrogen) atoms. The molecule has 2 aliphatic rings. The zero-order valence-electron chi connectivity index (χ0n) is 21.5. The first-order chi connectivity index (χ1) is 17.5. The Bertz CT molecular complexity index is 1150. The molecule has 0 bridgehead atoms. The molecule has 2 heterocycles. The lowest BCUT2D eigenvalue weighted by Gasteiger charge is -2.44. The topological polar surface area (TPSA) is 113 Å². The molecule has 2 fully saturated rings. The van der Waals surface area contributed by atoms with Gasteiger partial charge >= 0.3 is 0 Å². The largest absolute Gasteiger partial charge is 0.493 e. The van der Waals surface area contributed by atoms with Gasteiger partial charge in [0.05, 0.1) is 34.5 Å². The number of anilines is 1. The highest BCUT2D eigenvalue weighted by molar-refractivity contribution is 5.95. The third kappa shape index (κ3) is 4.84. The van der Waals surface area contributed by atoms with Gasteiger partial charge in [-0.3, -0.25) is 5.32 Å². The summed E-state index contributed by atoms with van der Waals surface area (Å²) in [5.74, 6) is 2.65. The Labute approximate surface area is 212 Å². The molecule has 0 unspecified atom stereocenters. The van der Waals surface area contributed by atoms with E-state index in [1.54, 1.807) is 33.5 Å². The summed E-state index contributed by atoms with van der Waals surface area (Å²) >= 11 is 0. The van der Waals surface area contributed by atoms with E-state index in [1.165, 1.54) is 12.7 Å². The molecule has 2 N–H and O–H groups in total. The number of aromatic nitrogens is 1. The molecular weight excluding hydrogens is 460 g/mol. The predicted molar refractivity (Wildman–Crippen MR) is 137 cm³/mol. The van der Waals surface area contributed by atoms with Crippen LogP contribution in [0, 0.1) is 11.5 Å². The molecule has 1 aromatic carbocycles. The van der Waals surface area contributed by atoms with Crippen molar-refractivity contribution < 1.29 is 18.9 Å². The standard InChI is InChI=1S/C26H34N6O4/c1-32-13-12-26(17-6-8-20(33-2)21(14-17)34-3)11-10-18(15-22(26)32)29-25(28-16-27)30-19-7-9-23(35-4)31-24(19)36-5/h6-9,14,18,22H,10-13,15H2,1-5H3,(H2,28,29,30)/t18-,22+,26-/m0/s1. The third-order valence-corrected chi connectivity index (χ3v) is 7.43. The lowest BCUT2D eigenvalue weighted by Crippen LogP contribution is -2.47. The molecule has 1 aliphatic carbocycles. The molecule has 1 saturated carbocycles. The number of benzene rings is 1. The molecule has 10 heteroatoms. The Morgan fingerprint density at radius 1 is 1.08 bits per heavy atom. The Morgan fingerprint density at radius 3 is 2.58 bits per heavy atom. The van der Waals surface area contributed by atoms with Crippen molar-refractivity contribution in [1.82, 2.24) is 15.2 Å². The van der Waals surface area contributed by atoms with Gasteiger partial charge in [-0.25, -0.2) is 4.99 Å². The summed E-state index contributed by atoms with van der Waals surface area (Å²) in [6.45, 7) is 1.02. The fraction of sp³-hybridized carbons (Fsp3) is 0.500. The zero-order valence-corrected chi connectivity index (χ0v) is 21.5. The lowest BCUT2D eigenvalue weighted by molar-refractivity contribution is 0.168. The number of likely N-dealkylation sites (N-methyl/N-ethyl adjacent to an activating group) is 1. The van der Waals surface area contributed by atoms with Crippen LogP contribution in [0.4, 0.5) is 5.69 Å². The second-order valence-electron chi connectivity index (χ2n) is 9.15. The first-order valence-electron chi connectivity index (χ1n) is 12.0. The van der Waals surface area contributed by atoms with Crippen LogP contribution < -0.4 is 29.6 Å². The van der Waals surface area contributed by atoms with Crippen LogP contribution in [0.1, 0.15) is 31.2 Å². The van der Waals surface area contributed by atoms with Crippen LogP contribution in [0.15, 0.2) is 35.3 Å². The number of pyridine rings is 1. The molecule has 1 aliphatic heterocycles. The fourth-order valence-corrected chi connectivity index (χ4v) is 5.61. The molecular formula is C26H34N6O4. The van der Waals surface area contributed by atoms with E-state index in [4.69, 9.17) is 23.9 Å². The minimum atomic E-state index is 0.0275. The Morgan fingerprint density at radius 2 is 1.89 bits per heavy atom. The number of nitrogens with one attached hydrogen (secondary N) is 2. The normalized spacial score (nSPS) is 23.8. The van der Waals surface area contributed by atoms with Crippen molar-refractivity contribution in [2.45, 2.75) is 43.2 Å². The van der Waals surface area contributed by atoms with Crippen molar-refractivity contribution in [3.63, 3.8) is 0 Å². The van der Waals surface area contributed by atoms with Gasteiger partial charge < -0.3 is 29.2 Å². The quantitative estimate of drug-likeness (QED) is 0.259. The maximum Gasteiger partial charge on any atom is 0.240 e. The molecule has 0 radical (unpaired) electrons. The number of rotatable bonds is 7. The van der Waals surface area contributed by atoms with E-state index in [0.29, 0.717) is 29.4 Å². The Kier molecular flexibility index (Phi) is 7.70. The monoisotopic (exact) mass is 494 g/mol. The van der Waals surface area contributed by atoms with Crippen molar-refractivity contribution in [3.8, 4) is 29.5 Å². The number of ether oxygens (including phenoxy) is 4. The van der Waals surface area contributed by atoms with Crippen LogP contribution in [0.2, 0.25) is 0 Å². The predicted octanol–water partition coefficient (Wildman–Crippen LogP) is 3.15. The summed E-state index contributed by atoms with van der Waals surface area (Å²) in [6.07, 6.45) is 5.82. The van der Waals surface area contributed by atoms with E-state index in [0.717, 1.165) is 43.7 Å². The number of hydrogen-bond acceptors (Lipinski definition) is 8. The van der Waals surface area contributed by atoms with Gasteiger partial charge in [-0.05, 0) is 63.0 Å². The third-order valence-electron chi connectivity index (χ3n) is 7.43. The van der Waals surface area contributed by atoms with Crippen molar-refractivity contribution >= 4 is 11.6 Å². The van der Waals surface area contributed by atoms with E-state index in [9.17, 15) is 5.26 Å². The number of fused-ring (bicyclic) bond motifs is 1. The van der Waals surface area contributed by atoms with E-state index in [2.05, 4.69) is 39.7 Å². The zero-order chi connectivity index (χ0) is 25.7. The SMILES string of the molecule is COc1ccc(NC(=N[C@H]2CC[C@@]3(c4ccc(OC)c(OC)c4)CCN(C)[C@@H]3C2)NC#N)c(OC)n1. The van der Waals surface area contributed by atoms with Crippen LogP contribution in [0.5, 0.6) is 23.3 Å². The number of hydrogen-bond donors (Lipinski definition) is 2. The van der Waals surface area contributed by atoms with Crippen LogP contribution >= 0.6 is 0 Å². The first kappa shape index (κ1) is 25.4. The molecule has 3 atom stereocenters. The van der Waals surface area contributed by atoms with Crippen molar-refractivity contribution in [2.24, 2.45) is 4.99 Å².